The summed E-state index contributed by atoms with van der Waals surface area (Å²) in [4.78, 5) is 36.4. The standard InChI is InChI=1S/C39H27N4OP.C38H24N4/c44-45(32-18-8-3-9-19-32)35-22-12-10-20-33(35)43(34-21-11-13-23-36(34)45)31-26-24-30(25-27-31)39-41-37(28-14-4-1-5-15-28)40-38(42-39)29-16-6-2-7-17-29;1-3-9-30-23-32(20-14-25(30)7-1)37-40-36(41-38(42-37)33-21-15-26-8-2-4-10-31(26)24-33)29-18-16-27(17-19-29)34-13-5-11-28-12-6-22-39-35(28)34/h1-27H;1-24H. The van der Waals surface area contributed by atoms with Crippen molar-refractivity contribution in [3.63, 3.8) is 0 Å². The Morgan fingerprint density at radius 1 is 0.276 bits per heavy atom. The van der Waals surface area contributed by atoms with Crippen LogP contribution in [0.1, 0.15) is 0 Å². The second kappa shape index (κ2) is 22.7. The van der Waals surface area contributed by atoms with Gasteiger partial charge in [-0.25, -0.2) is 29.9 Å². The molecule has 0 aliphatic carbocycles. The highest BCUT2D eigenvalue weighted by atomic mass is 31.2. The average molecular weight is 1140 g/mol. The van der Waals surface area contributed by atoms with Crippen LogP contribution >= 0.6 is 7.14 Å². The maximum atomic E-state index is 15.1. The number of hydrogen-bond acceptors (Lipinski definition) is 9. The second-order valence-corrected chi connectivity index (χ2v) is 23.9. The number of rotatable bonds is 9. The fraction of sp³-hybridized carbons (Fsp3) is 0. The fourth-order valence-electron chi connectivity index (χ4n) is 11.5. The Morgan fingerprint density at radius 3 is 1.15 bits per heavy atom. The van der Waals surface area contributed by atoms with Crippen LogP contribution in [0.15, 0.2) is 310 Å². The quantitative estimate of drug-likeness (QED) is 0.130. The monoisotopic (exact) mass is 1130 g/mol. The van der Waals surface area contributed by atoms with E-state index in [1.54, 1.807) is 0 Å². The maximum absolute atomic E-state index is 15.1. The predicted octanol–water partition coefficient (Wildman–Crippen LogP) is 17.7. The van der Waals surface area contributed by atoms with E-state index < -0.39 is 7.14 Å². The van der Waals surface area contributed by atoms with Crippen molar-refractivity contribution in [1.82, 2.24) is 34.9 Å². The lowest BCUT2D eigenvalue weighted by Gasteiger charge is -2.37. The molecule has 0 radical (unpaired) electrons. The van der Waals surface area contributed by atoms with Crippen molar-refractivity contribution in [3.8, 4) is 79.5 Å². The van der Waals surface area contributed by atoms with E-state index in [9.17, 15) is 0 Å². The molecule has 0 saturated heterocycles. The lowest BCUT2D eigenvalue weighted by atomic mass is 10.0. The largest absolute Gasteiger partial charge is 0.309 e. The van der Waals surface area contributed by atoms with Gasteiger partial charge in [-0.3, -0.25) is 4.98 Å². The SMILES string of the molecule is O=P1(c2ccccc2)c2ccccc2N(c2ccc(-c3nc(-c4ccccc4)nc(-c4ccccc4)n3)cc2)c2ccccc21.c1ccc2cc(-c3nc(-c4ccc(-c5cccc6cccnc56)cc4)nc(-c4ccc5ccccc5c4)n3)ccc2c1. The van der Waals surface area contributed by atoms with Gasteiger partial charge >= 0.3 is 0 Å². The Balaban J connectivity index is 0.000000147. The molecule has 10 heteroatoms. The van der Waals surface area contributed by atoms with Crippen LogP contribution in [0.5, 0.6) is 0 Å². The highest BCUT2D eigenvalue weighted by Crippen LogP contribution is 2.54. The van der Waals surface area contributed by atoms with Crippen LogP contribution in [0.2, 0.25) is 0 Å². The summed E-state index contributed by atoms with van der Waals surface area (Å²) in [6.07, 6.45) is 1.84. The van der Waals surface area contributed by atoms with Crippen LogP contribution in [-0.4, -0.2) is 34.9 Å². The first kappa shape index (κ1) is 52.4. The molecule has 0 saturated carbocycles. The molecule has 0 fully saturated rings. The van der Waals surface area contributed by atoms with Crippen molar-refractivity contribution < 1.29 is 4.57 Å². The van der Waals surface area contributed by atoms with E-state index in [0.29, 0.717) is 34.9 Å². The molecular weight excluding hydrogens is 1080 g/mol. The Labute approximate surface area is 503 Å². The van der Waals surface area contributed by atoms with Crippen LogP contribution in [0.3, 0.4) is 0 Å². The molecule has 1 aliphatic heterocycles. The van der Waals surface area contributed by atoms with Gasteiger partial charge in [0.05, 0.1) is 16.9 Å². The normalized spacial score (nSPS) is 12.3. The van der Waals surface area contributed by atoms with Crippen molar-refractivity contribution in [1.29, 1.82) is 0 Å². The molecule has 87 heavy (non-hydrogen) atoms. The number of aromatic nitrogens is 7. The topological polar surface area (TPSA) is 111 Å². The van der Waals surface area contributed by atoms with Gasteiger partial charge < -0.3 is 9.46 Å². The van der Waals surface area contributed by atoms with Gasteiger partial charge in [-0.05, 0) is 93.8 Å². The zero-order chi connectivity index (χ0) is 58.1. The van der Waals surface area contributed by atoms with E-state index in [-0.39, 0.29) is 0 Å². The smallest absolute Gasteiger partial charge is 0.175 e. The Hall–Kier alpha value is -11.4. The predicted molar refractivity (Wildman–Crippen MR) is 356 cm³/mol. The summed E-state index contributed by atoms with van der Waals surface area (Å²) in [5.74, 6) is 3.78. The molecule has 0 unspecified atom stereocenters. The molecule has 1 aliphatic rings. The summed E-state index contributed by atoms with van der Waals surface area (Å²) >= 11 is 0. The highest BCUT2D eigenvalue weighted by Gasteiger charge is 2.40. The molecule has 0 atom stereocenters. The first-order valence-electron chi connectivity index (χ1n) is 28.8. The number of anilines is 3. The van der Waals surface area contributed by atoms with Crippen molar-refractivity contribution >= 4 is 72.6 Å². The third-order valence-corrected chi connectivity index (χ3v) is 19.0. The summed E-state index contributed by atoms with van der Waals surface area (Å²) in [5, 5.41) is 8.28. The molecule has 0 amide bonds. The van der Waals surface area contributed by atoms with E-state index in [1.807, 2.05) is 152 Å². The lowest BCUT2D eigenvalue weighted by molar-refractivity contribution is 0.592. The van der Waals surface area contributed by atoms with E-state index in [2.05, 4.69) is 168 Å². The Bertz CT molecular complexity index is 4870. The molecule has 16 rings (SSSR count). The van der Waals surface area contributed by atoms with Gasteiger partial charge in [0.1, 0.15) is 0 Å². The van der Waals surface area contributed by atoms with Crippen LogP contribution in [-0.2, 0) is 4.57 Å². The molecular formula is C77H51N8OP. The van der Waals surface area contributed by atoms with Crippen molar-refractivity contribution in [2.45, 2.75) is 0 Å². The van der Waals surface area contributed by atoms with Crippen LogP contribution in [0.4, 0.5) is 17.1 Å². The third kappa shape index (κ3) is 10.1. The number of benzene rings is 12. The fourth-order valence-corrected chi connectivity index (χ4v) is 14.5. The number of para-hydroxylation sites is 3. The first-order valence-corrected chi connectivity index (χ1v) is 30.5. The van der Waals surface area contributed by atoms with Gasteiger partial charge in [0.15, 0.2) is 42.1 Å². The van der Waals surface area contributed by atoms with Crippen LogP contribution in [0, 0.1) is 0 Å². The maximum Gasteiger partial charge on any atom is 0.175 e. The summed E-state index contributed by atoms with van der Waals surface area (Å²) in [6, 6.07) is 102. The zero-order valence-corrected chi connectivity index (χ0v) is 47.8. The Kier molecular flexibility index (Phi) is 13.6. The number of nitrogens with zero attached hydrogens (tertiary/aromatic N) is 8. The minimum Gasteiger partial charge on any atom is -0.309 e. The van der Waals surface area contributed by atoms with Crippen LogP contribution in [0.25, 0.3) is 112 Å². The molecule has 4 heterocycles. The highest BCUT2D eigenvalue weighted by molar-refractivity contribution is 7.86. The molecule has 12 aromatic carbocycles. The van der Waals surface area contributed by atoms with Gasteiger partial charge in [0, 0.05) is 72.1 Å². The molecule has 0 bridgehead atoms. The minimum atomic E-state index is -3.10. The average Bonchev–Trinajstić information content (AvgIpc) is 0.969. The number of fused-ring (bicyclic) bond motifs is 5. The summed E-state index contributed by atoms with van der Waals surface area (Å²) < 4.78 is 15.1. The third-order valence-electron chi connectivity index (χ3n) is 15.9. The van der Waals surface area contributed by atoms with Gasteiger partial charge in [0.25, 0.3) is 0 Å². The zero-order valence-electron chi connectivity index (χ0n) is 46.9. The van der Waals surface area contributed by atoms with E-state index >= 15 is 4.57 Å². The Morgan fingerprint density at radius 2 is 0.644 bits per heavy atom. The van der Waals surface area contributed by atoms with E-state index in [0.717, 1.165) is 99.2 Å². The summed E-state index contributed by atoms with van der Waals surface area (Å²) in [5.41, 5.74) is 11.6. The molecule has 9 nitrogen and oxygen atoms in total. The van der Waals surface area contributed by atoms with Crippen molar-refractivity contribution in [2.24, 2.45) is 0 Å². The van der Waals surface area contributed by atoms with Gasteiger partial charge in [0.2, 0.25) is 0 Å². The van der Waals surface area contributed by atoms with Gasteiger partial charge in [-0.2, -0.15) is 0 Å². The first-order chi connectivity index (χ1) is 43.0. The molecule has 0 spiro atoms. The van der Waals surface area contributed by atoms with E-state index in [4.69, 9.17) is 29.9 Å². The summed E-state index contributed by atoms with van der Waals surface area (Å²) in [7, 11) is -3.10. The van der Waals surface area contributed by atoms with Crippen molar-refractivity contribution in [2.75, 3.05) is 4.90 Å². The van der Waals surface area contributed by atoms with Crippen LogP contribution < -0.4 is 20.8 Å². The van der Waals surface area contributed by atoms with Crippen molar-refractivity contribution in [3.05, 3.63) is 310 Å². The van der Waals surface area contributed by atoms with Gasteiger partial charge in [-0.15, -0.1) is 0 Å². The molecule has 3 aromatic heterocycles. The van der Waals surface area contributed by atoms with Gasteiger partial charge in [-0.1, -0.05) is 237 Å². The number of hydrogen-bond donors (Lipinski definition) is 0. The molecule has 15 aromatic rings. The number of pyridine rings is 1. The second-order valence-electron chi connectivity index (χ2n) is 21.2. The van der Waals surface area contributed by atoms with E-state index in [1.165, 1.54) is 10.8 Å². The summed E-state index contributed by atoms with van der Waals surface area (Å²) in [6.45, 7) is 0. The lowest BCUT2D eigenvalue weighted by Crippen LogP contribution is -2.36. The molecule has 410 valence electrons. The minimum absolute atomic E-state index is 0.599. The molecule has 0 N–H and O–H groups in total.